The van der Waals surface area contributed by atoms with Crippen LogP contribution in [0.1, 0.15) is 27.7 Å². The molecule has 8 nitrogen and oxygen atoms in total. The van der Waals surface area contributed by atoms with Crippen molar-refractivity contribution in [3.05, 3.63) is 0 Å². The summed E-state index contributed by atoms with van der Waals surface area (Å²) in [6.07, 6.45) is -1.48. The van der Waals surface area contributed by atoms with Crippen LogP contribution in [0.25, 0.3) is 0 Å². The lowest BCUT2D eigenvalue weighted by atomic mass is 10.4. The maximum atomic E-state index is 11.4. The second kappa shape index (κ2) is 8.27. The summed E-state index contributed by atoms with van der Waals surface area (Å²) in [5, 5.41) is 0. The third-order valence-corrected chi connectivity index (χ3v) is 2.74. The third kappa shape index (κ3) is 10.6. The summed E-state index contributed by atoms with van der Waals surface area (Å²) in [6.45, 7) is 4.78. The summed E-state index contributed by atoms with van der Waals surface area (Å²) in [4.78, 5) is 30.8. The van der Waals surface area contributed by atoms with Gasteiger partial charge in [0.05, 0.1) is 12.7 Å². The molecule has 0 aromatic rings. The van der Waals surface area contributed by atoms with Crippen molar-refractivity contribution in [3.63, 3.8) is 0 Å². The summed E-state index contributed by atoms with van der Waals surface area (Å²) in [5.41, 5.74) is 0. The van der Waals surface area contributed by atoms with Crippen molar-refractivity contribution >= 4 is 19.8 Å². The topological polar surface area (TPSA) is 108 Å². The van der Waals surface area contributed by atoms with Crippen LogP contribution in [0, 0.1) is 0 Å². The first-order valence-corrected chi connectivity index (χ1v) is 7.08. The van der Waals surface area contributed by atoms with Gasteiger partial charge in [-0.3, -0.25) is 18.6 Å². The number of phosphoric ester groups is 1. The van der Waals surface area contributed by atoms with Gasteiger partial charge in [-0.1, -0.05) is 0 Å². The maximum Gasteiger partial charge on any atom is 0.472 e. The van der Waals surface area contributed by atoms with Gasteiger partial charge in [-0.15, -0.1) is 0 Å². The van der Waals surface area contributed by atoms with E-state index < -0.39 is 38.6 Å². The molecule has 0 aliphatic carbocycles. The number of ether oxygens (including phenoxy) is 2. The fraction of sp³-hybridized carbons (Fsp3) is 0.800. The molecule has 0 radical (unpaired) electrons. The molecule has 112 valence electrons. The van der Waals surface area contributed by atoms with E-state index in [9.17, 15) is 19.0 Å². The standard InChI is InChI=1S/C10H19O8P/c1-7(2)18-19(13,14)16-6-10(17-9(4)12)5-15-8(3)11/h7,10H,5-6H2,1-4H3,(H,13,14). The molecule has 19 heavy (non-hydrogen) atoms. The van der Waals surface area contributed by atoms with E-state index in [4.69, 9.17) is 4.74 Å². The van der Waals surface area contributed by atoms with Crippen molar-refractivity contribution in [3.8, 4) is 0 Å². The van der Waals surface area contributed by atoms with Crippen LogP contribution in [0.2, 0.25) is 0 Å². The van der Waals surface area contributed by atoms with Crippen LogP contribution in [-0.2, 0) is 32.7 Å². The van der Waals surface area contributed by atoms with Gasteiger partial charge in [0.2, 0.25) is 0 Å². The Labute approximate surface area is 111 Å². The minimum absolute atomic E-state index is 0.267. The molecular weight excluding hydrogens is 279 g/mol. The molecule has 0 aliphatic rings. The highest BCUT2D eigenvalue weighted by Gasteiger charge is 2.26. The highest BCUT2D eigenvalue weighted by Crippen LogP contribution is 2.44. The van der Waals surface area contributed by atoms with Crippen molar-refractivity contribution in [2.45, 2.75) is 39.9 Å². The van der Waals surface area contributed by atoms with E-state index in [2.05, 4.69) is 13.8 Å². The first-order chi connectivity index (χ1) is 8.62. The van der Waals surface area contributed by atoms with Gasteiger partial charge >= 0.3 is 19.8 Å². The van der Waals surface area contributed by atoms with E-state index in [1.54, 1.807) is 13.8 Å². The quantitative estimate of drug-likeness (QED) is 0.522. The Bertz CT molecular complexity index is 353. The largest absolute Gasteiger partial charge is 0.472 e. The van der Waals surface area contributed by atoms with Crippen molar-refractivity contribution in [1.82, 2.24) is 0 Å². The van der Waals surface area contributed by atoms with Crippen molar-refractivity contribution in [2.24, 2.45) is 0 Å². The Kier molecular flexibility index (Phi) is 7.85. The molecule has 0 spiro atoms. The number of phosphoric acid groups is 1. The zero-order valence-electron chi connectivity index (χ0n) is 11.3. The molecule has 0 rings (SSSR count). The van der Waals surface area contributed by atoms with Gasteiger partial charge in [-0.05, 0) is 13.8 Å². The van der Waals surface area contributed by atoms with Crippen LogP contribution in [0.15, 0.2) is 0 Å². The number of carbonyl (C=O) groups excluding carboxylic acids is 2. The van der Waals surface area contributed by atoms with Gasteiger partial charge in [-0.2, -0.15) is 0 Å². The molecule has 0 fully saturated rings. The molecule has 0 heterocycles. The van der Waals surface area contributed by atoms with Gasteiger partial charge < -0.3 is 14.4 Å². The van der Waals surface area contributed by atoms with Gasteiger partial charge in [-0.25, -0.2) is 4.57 Å². The van der Waals surface area contributed by atoms with E-state index in [0.29, 0.717) is 0 Å². The smallest absolute Gasteiger partial charge is 0.462 e. The first kappa shape index (κ1) is 18.0. The lowest BCUT2D eigenvalue weighted by Gasteiger charge is -2.19. The Hall–Kier alpha value is -0.950. The van der Waals surface area contributed by atoms with Crippen LogP contribution in [0.3, 0.4) is 0 Å². The molecule has 0 saturated heterocycles. The Balaban J connectivity index is 4.35. The number of hydrogen-bond acceptors (Lipinski definition) is 7. The SMILES string of the molecule is CC(=O)OCC(COP(=O)(O)OC(C)C)OC(C)=O. The van der Waals surface area contributed by atoms with Gasteiger partial charge in [0, 0.05) is 13.8 Å². The molecule has 9 heteroatoms. The minimum Gasteiger partial charge on any atom is -0.462 e. The summed E-state index contributed by atoms with van der Waals surface area (Å²) < 4.78 is 30.1. The van der Waals surface area contributed by atoms with Crippen LogP contribution in [-0.4, -0.2) is 42.3 Å². The van der Waals surface area contributed by atoms with E-state index in [-0.39, 0.29) is 6.61 Å². The van der Waals surface area contributed by atoms with Gasteiger partial charge in [0.25, 0.3) is 0 Å². The fourth-order valence-electron chi connectivity index (χ4n) is 1.04. The monoisotopic (exact) mass is 298 g/mol. The second-order valence-corrected chi connectivity index (χ2v) is 5.36. The van der Waals surface area contributed by atoms with Crippen LogP contribution in [0.5, 0.6) is 0 Å². The second-order valence-electron chi connectivity index (χ2n) is 3.95. The average molecular weight is 298 g/mol. The maximum absolute atomic E-state index is 11.4. The van der Waals surface area contributed by atoms with Crippen LogP contribution < -0.4 is 0 Å². The van der Waals surface area contributed by atoms with Gasteiger partial charge in [0.1, 0.15) is 6.61 Å². The van der Waals surface area contributed by atoms with Gasteiger partial charge in [0.15, 0.2) is 6.10 Å². The number of esters is 2. The zero-order chi connectivity index (χ0) is 15.1. The van der Waals surface area contributed by atoms with E-state index in [1.165, 1.54) is 6.92 Å². The zero-order valence-corrected chi connectivity index (χ0v) is 12.2. The van der Waals surface area contributed by atoms with Crippen LogP contribution in [0.4, 0.5) is 0 Å². The molecule has 0 amide bonds. The highest BCUT2D eigenvalue weighted by molar-refractivity contribution is 7.47. The van der Waals surface area contributed by atoms with E-state index >= 15 is 0 Å². The molecule has 2 unspecified atom stereocenters. The van der Waals surface area contributed by atoms with Crippen molar-refractivity contribution < 1.29 is 37.6 Å². The number of hydrogen-bond donors (Lipinski definition) is 1. The molecule has 0 aliphatic heterocycles. The predicted molar refractivity (Wildman–Crippen MR) is 64.2 cm³/mol. The minimum atomic E-state index is -4.23. The molecule has 1 N–H and O–H groups in total. The Morgan fingerprint density at radius 1 is 1.16 bits per heavy atom. The molecule has 0 aromatic carbocycles. The summed E-state index contributed by atoms with van der Waals surface area (Å²) >= 11 is 0. The highest BCUT2D eigenvalue weighted by atomic mass is 31.2. The lowest BCUT2D eigenvalue weighted by molar-refractivity contribution is -0.158. The molecule has 0 aromatic heterocycles. The van der Waals surface area contributed by atoms with Crippen molar-refractivity contribution in [1.29, 1.82) is 0 Å². The molecule has 2 atom stereocenters. The van der Waals surface area contributed by atoms with Crippen molar-refractivity contribution in [2.75, 3.05) is 13.2 Å². The summed E-state index contributed by atoms with van der Waals surface area (Å²) in [7, 11) is -4.23. The fourth-order valence-corrected chi connectivity index (χ4v) is 1.98. The Morgan fingerprint density at radius 3 is 2.16 bits per heavy atom. The normalized spacial score (nSPS) is 15.7. The molecule has 0 saturated carbocycles. The van der Waals surface area contributed by atoms with E-state index in [1.807, 2.05) is 0 Å². The average Bonchev–Trinajstić information content (AvgIpc) is 2.19. The Morgan fingerprint density at radius 2 is 1.74 bits per heavy atom. The van der Waals surface area contributed by atoms with Crippen LogP contribution >= 0.6 is 7.82 Å². The third-order valence-electron chi connectivity index (χ3n) is 1.57. The lowest BCUT2D eigenvalue weighted by Crippen LogP contribution is -2.28. The molecular formula is C10H19O8P. The number of rotatable bonds is 8. The molecule has 0 bridgehead atoms. The van der Waals surface area contributed by atoms with E-state index in [0.717, 1.165) is 6.92 Å². The first-order valence-electron chi connectivity index (χ1n) is 5.58. The summed E-state index contributed by atoms with van der Waals surface area (Å²) in [5.74, 6) is -1.19. The predicted octanol–water partition coefficient (Wildman–Crippen LogP) is 1.02. The summed E-state index contributed by atoms with van der Waals surface area (Å²) in [6, 6.07) is 0. The number of carbonyl (C=O) groups is 2.